The van der Waals surface area contributed by atoms with Crippen LogP contribution in [0.25, 0.3) is 33.3 Å². The third-order valence-electron chi connectivity index (χ3n) is 4.21. The average molecular weight is 346 g/mol. The summed E-state index contributed by atoms with van der Waals surface area (Å²) in [4.78, 5) is 12.1. The molecule has 0 amide bonds. The Hall–Kier alpha value is -3.27. The summed E-state index contributed by atoms with van der Waals surface area (Å²) in [6.45, 7) is 8.13. The summed E-state index contributed by atoms with van der Waals surface area (Å²) in [6.07, 6.45) is 0. The largest absolute Gasteiger partial charge is 0.489 e. The Morgan fingerprint density at radius 2 is 1.88 bits per heavy atom. The van der Waals surface area contributed by atoms with Gasteiger partial charge in [-0.15, -0.1) is 0 Å². The lowest BCUT2D eigenvalue weighted by Gasteiger charge is -2.11. The van der Waals surface area contributed by atoms with Crippen LogP contribution in [0.4, 0.5) is 0 Å². The number of hydrogen-bond acceptors (Lipinski definition) is 4. The SMILES string of the molecule is C=C(C)COc1cc2c(-c3cc4ccccc4o3)cc(=O)oc2cc1C. The van der Waals surface area contributed by atoms with Crippen LogP contribution in [-0.2, 0) is 0 Å². The lowest BCUT2D eigenvalue weighted by atomic mass is 10.0. The maximum atomic E-state index is 12.1. The van der Waals surface area contributed by atoms with Crippen molar-refractivity contribution in [3.63, 3.8) is 0 Å². The van der Waals surface area contributed by atoms with Gasteiger partial charge in [0.2, 0.25) is 0 Å². The Morgan fingerprint density at radius 1 is 1.08 bits per heavy atom. The summed E-state index contributed by atoms with van der Waals surface area (Å²) >= 11 is 0. The van der Waals surface area contributed by atoms with Crippen molar-refractivity contribution in [2.24, 2.45) is 0 Å². The van der Waals surface area contributed by atoms with E-state index in [2.05, 4.69) is 6.58 Å². The zero-order valence-electron chi connectivity index (χ0n) is 14.7. The van der Waals surface area contributed by atoms with E-state index in [9.17, 15) is 4.79 Å². The summed E-state index contributed by atoms with van der Waals surface area (Å²) in [6, 6.07) is 14.8. The predicted octanol–water partition coefficient (Wildman–Crippen LogP) is 5.47. The predicted molar refractivity (Wildman–Crippen MR) is 103 cm³/mol. The van der Waals surface area contributed by atoms with Crippen LogP contribution in [-0.4, -0.2) is 6.61 Å². The second kappa shape index (κ2) is 6.23. The maximum Gasteiger partial charge on any atom is 0.336 e. The van der Waals surface area contributed by atoms with Crippen LogP contribution in [0.1, 0.15) is 12.5 Å². The van der Waals surface area contributed by atoms with E-state index in [0.29, 0.717) is 23.5 Å². The van der Waals surface area contributed by atoms with E-state index in [1.54, 1.807) is 0 Å². The molecule has 0 fully saturated rings. The van der Waals surface area contributed by atoms with Crippen molar-refractivity contribution in [3.05, 3.63) is 76.7 Å². The van der Waals surface area contributed by atoms with E-state index in [4.69, 9.17) is 13.6 Å². The number of hydrogen-bond donors (Lipinski definition) is 0. The van der Waals surface area contributed by atoms with Crippen molar-refractivity contribution in [1.82, 2.24) is 0 Å². The average Bonchev–Trinajstić information content (AvgIpc) is 3.03. The summed E-state index contributed by atoms with van der Waals surface area (Å²) in [5.74, 6) is 1.35. The van der Waals surface area contributed by atoms with Crippen LogP contribution >= 0.6 is 0 Å². The first kappa shape index (κ1) is 16.2. The van der Waals surface area contributed by atoms with Crippen molar-refractivity contribution < 1.29 is 13.6 Å². The summed E-state index contributed by atoms with van der Waals surface area (Å²) in [5, 5.41) is 1.75. The Balaban J connectivity index is 1.93. The summed E-state index contributed by atoms with van der Waals surface area (Å²) in [5.41, 5.74) is 3.38. The molecule has 4 aromatic rings. The maximum absolute atomic E-state index is 12.1. The number of fused-ring (bicyclic) bond motifs is 2. The minimum atomic E-state index is -0.414. The molecule has 0 aliphatic rings. The molecule has 0 saturated carbocycles. The second-order valence-corrected chi connectivity index (χ2v) is 6.49. The number of aryl methyl sites for hydroxylation is 1. The molecular weight excluding hydrogens is 328 g/mol. The Morgan fingerprint density at radius 3 is 2.65 bits per heavy atom. The van der Waals surface area contributed by atoms with Crippen LogP contribution in [0.2, 0.25) is 0 Å². The molecule has 0 atom stereocenters. The highest BCUT2D eigenvalue weighted by Crippen LogP contribution is 2.35. The highest BCUT2D eigenvalue weighted by atomic mass is 16.5. The van der Waals surface area contributed by atoms with E-state index in [1.807, 2.05) is 56.3 Å². The molecule has 0 N–H and O–H groups in total. The monoisotopic (exact) mass is 346 g/mol. The van der Waals surface area contributed by atoms with Crippen molar-refractivity contribution in [2.45, 2.75) is 13.8 Å². The smallest absolute Gasteiger partial charge is 0.336 e. The Labute approximate surface area is 150 Å². The Kier molecular flexibility index (Phi) is 3.88. The highest BCUT2D eigenvalue weighted by Gasteiger charge is 2.15. The molecule has 0 aliphatic carbocycles. The first-order valence-corrected chi connectivity index (χ1v) is 8.36. The van der Waals surface area contributed by atoms with E-state index < -0.39 is 5.63 Å². The van der Waals surface area contributed by atoms with Crippen molar-refractivity contribution in [3.8, 4) is 17.1 Å². The van der Waals surface area contributed by atoms with Gasteiger partial charge in [0.25, 0.3) is 0 Å². The minimum absolute atomic E-state index is 0.414. The van der Waals surface area contributed by atoms with Crippen LogP contribution in [0.5, 0.6) is 5.75 Å². The summed E-state index contributed by atoms with van der Waals surface area (Å²) in [7, 11) is 0. The molecule has 4 nitrogen and oxygen atoms in total. The van der Waals surface area contributed by atoms with Gasteiger partial charge in [0.05, 0.1) is 0 Å². The third-order valence-corrected chi connectivity index (χ3v) is 4.21. The summed E-state index contributed by atoms with van der Waals surface area (Å²) < 4.78 is 17.2. The fourth-order valence-corrected chi connectivity index (χ4v) is 2.96. The first-order chi connectivity index (χ1) is 12.5. The van der Waals surface area contributed by atoms with Crippen molar-refractivity contribution in [1.29, 1.82) is 0 Å². The fourth-order valence-electron chi connectivity index (χ4n) is 2.96. The van der Waals surface area contributed by atoms with E-state index in [0.717, 1.165) is 33.2 Å². The van der Waals surface area contributed by atoms with Gasteiger partial charge in [-0.05, 0) is 49.2 Å². The molecule has 4 rings (SSSR count). The van der Waals surface area contributed by atoms with Gasteiger partial charge < -0.3 is 13.6 Å². The number of ether oxygens (including phenoxy) is 1. The van der Waals surface area contributed by atoms with Gasteiger partial charge in [-0.3, -0.25) is 0 Å². The molecular formula is C22H18O4. The molecule has 26 heavy (non-hydrogen) atoms. The lowest BCUT2D eigenvalue weighted by molar-refractivity contribution is 0.350. The molecule has 0 saturated heterocycles. The normalized spacial score (nSPS) is 11.2. The molecule has 0 unspecified atom stereocenters. The molecule has 0 spiro atoms. The lowest BCUT2D eigenvalue weighted by Crippen LogP contribution is -2.01. The van der Waals surface area contributed by atoms with Gasteiger partial charge in [-0.1, -0.05) is 24.8 Å². The molecule has 0 aliphatic heterocycles. The molecule has 130 valence electrons. The van der Waals surface area contributed by atoms with Gasteiger partial charge in [-0.25, -0.2) is 4.79 Å². The van der Waals surface area contributed by atoms with E-state index in [1.165, 1.54) is 6.07 Å². The minimum Gasteiger partial charge on any atom is -0.489 e. The highest BCUT2D eigenvalue weighted by molar-refractivity contribution is 5.95. The second-order valence-electron chi connectivity index (χ2n) is 6.49. The first-order valence-electron chi connectivity index (χ1n) is 8.36. The molecule has 0 radical (unpaired) electrons. The van der Waals surface area contributed by atoms with Gasteiger partial charge in [0, 0.05) is 22.4 Å². The van der Waals surface area contributed by atoms with Gasteiger partial charge in [-0.2, -0.15) is 0 Å². The van der Waals surface area contributed by atoms with E-state index in [-0.39, 0.29) is 0 Å². The molecule has 4 heteroatoms. The van der Waals surface area contributed by atoms with Gasteiger partial charge in [0.15, 0.2) is 0 Å². The zero-order valence-corrected chi connectivity index (χ0v) is 14.7. The van der Waals surface area contributed by atoms with Crippen LogP contribution in [0, 0.1) is 6.92 Å². The number of benzene rings is 2. The number of rotatable bonds is 4. The van der Waals surface area contributed by atoms with Crippen LogP contribution in [0.15, 0.2) is 74.3 Å². The molecule has 2 aromatic heterocycles. The molecule has 2 aromatic carbocycles. The topological polar surface area (TPSA) is 52.6 Å². The zero-order chi connectivity index (χ0) is 18.3. The quantitative estimate of drug-likeness (QED) is 0.363. The van der Waals surface area contributed by atoms with Gasteiger partial charge >= 0.3 is 5.63 Å². The molecule has 2 heterocycles. The Bertz CT molecular complexity index is 1160. The fraction of sp³-hybridized carbons (Fsp3) is 0.136. The van der Waals surface area contributed by atoms with Crippen LogP contribution in [0.3, 0.4) is 0 Å². The third kappa shape index (κ3) is 2.90. The van der Waals surface area contributed by atoms with Crippen molar-refractivity contribution >= 4 is 21.9 Å². The standard InChI is InChI=1S/C22H18O4/c1-13(2)12-24-19-10-16-17(11-22(23)26-20(16)8-14(19)3)21-9-15-6-4-5-7-18(15)25-21/h4-11H,1,12H2,2-3H3. The molecule has 0 bridgehead atoms. The van der Waals surface area contributed by atoms with Crippen molar-refractivity contribution in [2.75, 3.05) is 6.61 Å². The van der Waals surface area contributed by atoms with Gasteiger partial charge in [0.1, 0.15) is 29.3 Å². The van der Waals surface area contributed by atoms with E-state index >= 15 is 0 Å². The number of furan rings is 1. The van der Waals surface area contributed by atoms with Crippen LogP contribution < -0.4 is 10.4 Å². The number of para-hydroxylation sites is 1.